The van der Waals surface area contributed by atoms with Crippen molar-refractivity contribution in [3.63, 3.8) is 0 Å². The molecule has 194 valence electrons. The van der Waals surface area contributed by atoms with Crippen molar-refractivity contribution < 1.29 is 14.3 Å². The molecule has 37 heavy (non-hydrogen) atoms. The van der Waals surface area contributed by atoms with E-state index in [0.717, 1.165) is 43.3 Å². The maximum atomic E-state index is 13.3. The van der Waals surface area contributed by atoms with Gasteiger partial charge in [0.1, 0.15) is 5.75 Å². The Bertz CT molecular complexity index is 1260. The number of methoxy groups -OCH3 is 1. The van der Waals surface area contributed by atoms with Gasteiger partial charge in [-0.3, -0.25) is 9.59 Å². The number of rotatable bonds is 8. The highest BCUT2D eigenvalue weighted by Crippen LogP contribution is 2.31. The first-order valence-electron chi connectivity index (χ1n) is 12.5. The van der Waals surface area contributed by atoms with Gasteiger partial charge in [-0.1, -0.05) is 38.1 Å². The maximum absolute atomic E-state index is 13.3. The van der Waals surface area contributed by atoms with Crippen molar-refractivity contribution in [2.24, 2.45) is 5.92 Å². The van der Waals surface area contributed by atoms with E-state index in [1.807, 2.05) is 48.5 Å². The molecule has 4 rings (SSSR count). The number of hydrogen-bond donors (Lipinski definition) is 2. The fourth-order valence-corrected chi connectivity index (χ4v) is 4.85. The van der Waals surface area contributed by atoms with Crippen LogP contribution >= 0.6 is 15.9 Å². The monoisotopic (exact) mass is 564 g/mol. The molecule has 3 aromatic rings. The zero-order valence-electron chi connectivity index (χ0n) is 21.5. The standard InChI is InChI=1S/C29H33BrN4O3/c1-20(2)19-31-28(35)23-18-21(32-29(36)22-8-4-5-9-24(22)30)12-13-25(23)33-14-16-34(17-15-33)26-10-6-7-11-27(26)37-3/h4-13,18,20H,14-17,19H2,1-3H3,(H,31,35)(H,32,36). The third-order valence-electron chi connectivity index (χ3n) is 6.33. The largest absolute Gasteiger partial charge is 0.495 e. The number of nitrogens with one attached hydrogen (secondary N) is 2. The molecule has 2 N–H and O–H groups in total. The zero-order chi connectivity index (χ0) is 26.4. The van der Waals surface area contributed by atoms with Gasteiger partial charge < -0.3 is 25.2 Å². The summed E-state index contributed by atoms with van der Waals surface area (Å²) in [5.41, 5.74) is 3.59. The van der Waals surface area contributed by atoms with E-state index in [2.05, 4.69) is 56.3 Å². The molecule has 7 nitrogen and oxygen atoms in total. The van der Waals surface area contributed by atoms with Crippen LogP contribution in [0.4, 0.5) is 17.1 Å². The van der Waals surface area contributed by atoms with Crippen molar-refractivity contribution >= 4 is 44.8 Å². The molecule has 0 unspecified atom stereocenters. The number of amides is 2. The molecular formula is C29H33BrN4O3. The highest BCUT2D eigenvalue weighted by molar-refractivity contribution is 9.10. The molecule has 0 aromatic heterocycles. The summed E-state index contributed by atoms with van der Waals surface area (Å²) in [7, 11) is 1.69. The molecule has 1 saturated heterocycles. The van der Waals surface area contributed by atoms with E-state index in [4.69, 9.17) is 4.74 Å². The summed E-state index contributed by atoms with van der Waals surface area (Å²) in [6.45, 7) is 7.81. The average molecular weight is 566 g/mol. The first kappa shape index (κ1) is 26.5. The number of hydrogen-bond acceptors (Lipinski definition) is 5. The van der Waals surface area contributed by atoms with Crippen LogP contribution in [0.3, 0.4) is 0 Å². The summed E-state index contributed by atoms with van der Waals surface area (Å²) >= 11 is 3.43. The van der Waals surface area contributed by atoms with Gasteiger partial charge in [0, 0.05) is 48.6 Å². The van der Waals surface area contributed by atoms with Crippen LogP contribution in [0, 0.1) is 5.92 Å². The van der Waals surface area contributed by atoms with Crippen LogP contribution in [0.5, 0.6) is 5.75 Å². The molecule has 1 aliphatic rings. The first-order valence-corrected chi connectivity index (χ1v) is 13.3. The van der Waals surface area contributed by atoms with Crippen molar-refractivity contribution in [3.05, 3.63) is 82.3 Å². The lowest BCUT2D eigenvalue weighted by atomic mass is 10.1. The van der Waals surface area contributed by atoms with Crippen LogP contribution in [-0.4, -0.2) is 51.6 Å². The minimum Gasteiger partial charge on any atom is -0.495 e. The Balaban J connectivity index is 1.55. The number of benzene rings is 3. The van der Waals surface area contributed by atoms with Crippen LogP contribution in [0.25, 0.3) is 0 Å². The van der Waals surface area contributed by atoms with Gasteiger partial charge in [-0.25, -0.2) is 0 Å². The van der Waals surface area contributed by atoms with Crippen LogP contribution in [0.1, 0.15) is 34.6 Å². The predicted octanol–water partition coefficient (Wildman–Crippen LogP) is 5.42. The summed E-state index contributed by atoms with van der Waals surface area (Å²) in [6, 6.07) is 20.8. The van der Waals surface area contributed by atoms with E-state index in [-0.39, 0.29) is 11.8 Å². The van der Waals surface area contributed by atoms with Gasteiger partial charge in [0.05, 0.1) is 23.9 Å². The Labute approximate surface area is 226 Å². The van der Waals surface area contributed by atoms with Crippen molar-refractivity contribution in [2.75, 3.05) is 55.0 Å². The summed E-state index contributed by atoms with van der Waals surface area (Å²) in [6.07, 6.45) is 0. The first-order chi connectivity index (χ1) is 17.9. The van der Waals surface area contributed by atoms with E-state index in [0.29, 0.717) is 33.7 Å². The number of anilines is 3. The Morgan fingerprint density at radius 2 is 1.51 bits per heavy atom. The highest BCUT2D eigenvalue weighted by atomic mass is 79.9. The number of piperazine rings is 1. The topological polar surface area (TPSA) is 73.9 Å². The Kier molecular flexibility index (Phi) is 8.71. The molecule has 8 heteroatoms. The molecule has 1 heterocycles. The molecular weight excluding hydrogens is 532 g/mol. The molecule has 0 spiro atoms. The molecule has 2 amide bonds. The molecule has 0 bridgehead atoms. The number of carbonyl (C=O) groups excluding carboxylic acids is 2. The predicted molar refractivity (Wildman–Crippen MR) is 153 cm³/mol. The smallest absolute Gasteiger partial charge is 0.256 e. The minimum atomic E-state index is -0.237. The SMILES string of the molecule is COc1ccccc1N1CCN(c2ccc(NC(=O)c3ccccc3Br)cc2C(=O)NCC(C)C)CC1. The summed E-state index contributed by atoms with van der Waals surface area (Å²) < 4.78 is 6.26. The van der Waals surface area contributed by atoms with Crippen LogP contribution in [0.2, 0.25) is 0 Å². The van der Waals surface area contributed by atoms with Gasteiger partial charge in [0.25, 0.3) is 11.8 Å². The Hall–Kier alpha value is -3.52. The number of ether oxygens (including phenoxy) is 1. The number of nitrogens with zero attached hydrogens (tertiary/aromatic N) is 2. The molecule has 1 fully saturated rings. The normalized spacial score (nSPS) is 13.4. The number of carbonyl (C=O) groups is 2. The van der Waals surface area contributed by atoms with Gasteiger partial charge in [-0.2, -0.15) is 0 Å². The van der Waals surface area contributed by atoms with E-state index in [9.17, 15) is 9.59 Å². The fourth-order valence-electron chi connectivity index (χ4n) is 4.39. The second kappa shape index (κ2) is 12.1. The van der Waals surface area contributed by atoms with Crippen LogP contribution in [-0.2, 0) is 0 Å². The molecule has 1 aliphatic heterocycles. The van der Waals surface area contributed by atoms with Gasteiger partial charge in [-0.15, -0.1) is 0 Å². The second-order valence-corrected chi connectivity index (χ2v) is 10.3. The van der Waals surface area contributed by atoms with Gasteiger partial charge in [0.2, 0.25) is 0 Å². The quantitative estimate of drug-likeness (QED) is 0.382. The molecule has 3 aromatic carbocycles. The Morgan fingerprint density at radius 1 is 0.865 bits per heavy atom. The van der Waals surface area contributed by atoms with Gasteiger partial charge in [0.15, 0.2) is 0 Å². The third kappa shape index (κ3) is 6.43. The zero-order valence-corrected chi connectivity index (χ0v) is 23.0. The van der Waals surface area contributed by atoms with Crippen LogP contribution < -0.4 is 25.2 Å². The number of halogens is 1. The number of para-hydroxylation sites is 2. The fraction of sp³-hybridized carbons (Fsp3) is 0.310. The van der Waals surface area contributed by atoms with E-state index in [1.54, 1.807) is 19.2 Å². The minimum absolute atomic E-state index is 0.146. The average Bonchev–Trinajstić information content (AvgIpc) is 2.92. The summed E-state index contributed by atoms with van der Waals surface area (Å²) in [4.78, 5) is 30.7. The molecule has 0 atom stereocenters. The van der Waals surface area contributed by atoms with Crippen molar-refractivity contribution in [1.82, 2.24) is 5.32 Å². The molecule has 0 radical (unpaired) electrons. The second-order valence-electron chi connectivity index (χ2n) is 9.42. The summed E-state index contributed by atoms with van der Waals surface area (Å²) in [5, 5.41) is 5.98. The van der Waals surface area contributed by atoms with E-state index in [1.165, 1.54) is 0 Å². The maximum Gasteiger partial charge on any atom is 0.256 e. The summed E-state index contributed by atoms with van der Waals surface area (Å²) in [5.74, 6) is 0.803. The van der Waals surface area contributed by atoms with Gasteiger partial charge >= 0.3 is 0 Å². The lowest BCUT2D eigenvalue weighted by Crippen LogP contribution is -2.47. The van der Waals surface area contributed by atoms with Crippen LogP contribution in [0.15, 0.2) is 71.2 Å². The van der Waals surface area contributed by atoms with Crippen molar-refractivity contribution in [1.29, 1.82) is 0 Å². The van der Waals surface area contributed by atoms with E-state index >= 15 is 0 Å². The molecule has 0 aliphatic carbocycles. The van der Waals surface area contributed by atoms with E-state index < -0.39 is 0 Å². The highest BCUT2D eigenvalue weighted by Gasteiger charge is 2.24. The third-order valence-corrected chi connectivity index (χ3v) is 7.03. The lowest BCUT2D eigenvalue weighted by molar-refractivity contribution is 0.0948. The van der Waals surface area contributed by atoms with Crippen molar-refractivity contribution in [2.45, 2.75) is 13.8 Å². The Morgan fingerprint density at radius 3 is 2.19 bits per heavy atom. The van der Waals surface area contributed by atoms with Crippen molar-refractivity contribution in [3.8, 4) is 5.75 Å². The lowest BCUT2D eigenvalue weighted by Gasteiger charge is -2.38. The van der Waals surface area contributed by atoms with Gasteiger partial charge in [-0.05, 0) is 64.3 Å². The molecule has 0 saturated carbocycles.